The number of carbonyl (C=O) groups excluding carboxylic acids is 2. The maximum absolute atomic E-state index is 12.1. The van der Waals surface area contributed by atoms with Gasteiger partial charge in [0.25, 0.3) is 6.47 Å². The van der Waals surface area contributed by atoms with Crippen LogP contribution in [0.2, 0.25) is 0 Å². The van der Waals surface area contributed by atoms with E-state index in [1.54, 1.807) is 0 Å². The van der Waals surface area contributed by atoms with Gasteiger partial charge in [0.1, 0.15) is 4.75 Å². The van der Waals surface area contributed by atoms with Crippen LogP contribution in [0.5, 0.6) is 0 Å². The van der Waals surface area contributed by atoms with Gasteiger partial charge in [0, 0.05) is 6.42 Å². The third kappa shape index (κ3) is 2.57. The molecule has 3 aliphatic rings. The summed E-state index contributed by atoms with van der Waals surface area (Å²) < 4.78 is 4.13. The second-order valence-electron chi connectivity index (χ2n) is 6.18. The number of hydrogen-bond donors (Lipinski definition) is 1. The first-order chi connectivity index (χ1) is 9.60. The number of rotatable bonds is 5. The Morgan fingerprint density at radius 1 is 1.50 bits per heavy atom. The maximum atomic E-state index is 12.1. The van der Waals surface area contributed by atoms with Gasteiger partial charge in [-0.25, -0.2) is 0 Å². The molecule has 3 rings (SSSR count). The number of fused-ring (bicyclic) bond motifs is 2. The lowest BCUT2D eigenvalue weighted by Gasteiger charge is -2.19. The number of carbonyl (C=O) groups is 2. The molecule has 0 radical (unpaired) electrons. The average Bonchev–Trinajstić information content (AvgIpc) is 3.06. The summed E-state index contributed by atoms with van der Waals surface area (Å²) in [6, 6.07) is 0.394. The summed E-state index contributed by atoms with van der Waals surface area (Å²) in [6.45, 7) is 2.57. The number of amides is 1. The molecule has 1 N–H and O–H groups in total. The van der Waals surface area contributed by atoms with Crippen molar-refractivity contribution in [3.05, 3.63) is 0 Å². The highest BCUT2D eigenvalue weighted by atomic mass is 32.2. The topological polar surface area (TPSA) is 67.8 Å². The molecular weight excluding hydrogens is 276 g/mol. The Hall–Kier alpha value is -1.04. The van der Waals surface area contributed by atoms with Crippen LogP contribution in [0.3, 0.4) is 0 Å². The minimum Gasteiger partial charge on any atom is -0.468 e. The first-order valence-electron chi connectivity index (χ1n) is 7.24. The molecule has 5 nitrogen and oxygen atoms in total. The van der Waals surface area contributed by atoms with E-state index in [4.69, 9.17) is 9.73 Å². The summed E-state index contributed by atoms with van der Waals surface area (Å²) >= 11 is 1.48. The van der Waals surface area contributed by atoms with Gasteiger partial charge in [-0.2, -0.15) is 0 Å². The van der Waals surface area contributed by atoms with Gasteiger partial charge < -0.3 is 10.1 Å². The van der Waals surface area contributed by atoms with Crippen LogP contribution in [0.25, 0.3) is 0 Å². The van der Waals surface area contributed by atoms with Crippen molar-refractivity contribution in [2.24, 2.45) is 16.8 Å². The molecule has 1 aliphatic heterocycles. The highest BCUT2D eigenvalue weighted by molar-refractivity contribution is 8.16. The molecule has 2 bridgehead atoms. The van der Waals surface area contributed by atoms with E-state index in [-0.39, 0.29) is 12.5 Å². The van der Waals surface area contributed by atoms with Gasteiger partial charge in [0.15, 0.2) is 5.17 Å². The quantitative estimate of drug-likeness (QED) is 0.619. The van der Waals surface area contributed by atoms with E-state index < -0.39 is 4.75 Å². The lowest BCUT2D eigenvalue weighted by Crippen LogP contribution is -2.35. The first-order valence-corrected chi connectivity index (χ1v) is 8.06. The Morgan fingerprint density at radius 3 is 3.00 bits per heavy atom. The second kappa shape index (κ2) is 5.39. The monoisotopic (exact) mass is 296 g/mol. The van der Waals surface area contributed by atoms with E-state index in [1.165, 1.54) is 37.4 Å². The molecule has 0 aromatic heterocycles. The molecule has 0 aromatic rings. The zero-order valence-corrected chi connectivity index (χ0v) is 12.4. The second-order valence-corrected chi connectivity index (χ2v) is 7.67. The lowest BCUT2D eigenvalue weighted by atomic mass is 9.96. The first kappa shape index (κ1) is 13.9. The number of nitrogens with one attached hydrogen (secondary N) is 1. The van der Waals surface area contributed by atoms with Gasteiger partial charge in [-0.1, -0.05) is 18.2 Å². The number of nitrogens with zero attached hydrogens (tertiary/aromatic N) is 1. The fraction of sp³-hybridized carbons (Fsp3) is 0.786. The van der Waals surface area contributed by atoms with Crippen LogP contribution < -0.4 is 5.32 Å². The average molecular weight is 296 g/mol. The standard InChI is InChI=1S/C14H20N2O3S/c1-14(4-5-19-8-17)12(18)16-13(20-14)15-11-7-9-2-3-10(11)6-9/h8-11H,2-7H2,1H3,(H,15,16,18). The molecule has 2 aliphatic carbocycles. The molecule has 3 fully saturated rings. The molecule has 110 valence electrons. The van der Waals surface area contributed by atoms with E-state index in [9.17, 15) is 9.59 Å². The molecule has 2 saturated carbocycles. The smallest absolute Gasteiger partial charge is 0.293 e. The van der Waals surface area contributed by atoms with Crippen LogP contribution >= 0.6 is 11.8 Å². The fourth-order valence-electron chi connectivity index (χ4n) is 3.56. The van der Waals surface area contributed by atoms with Crippen LogP contribution in [-0.4, -0.2) is 34.9 Å². The van der Waals surface area contributed by atoms with Crippen molar-refractivity contribution in [1.82, 2.24) is 5.32 Å². The molecule has 6 heteroatoms. The molecule has 4 atom stereocenters. The normalized spacial score (nSPS) is 41.1. The van der Waals surface area contributed by atoms with E-state index in [2.05, 4.69) is 5.32 Å². The number of amidine groups is 1. The van der Waals surface area contributed by atoms with Gasteiger partial charge in [-0.3, -0.25) is 14.6 Å². The van der Waals surface area contributed by atoms with Crippen molar-refractivity contribution in [1.29, 1.82) is 0 Å². The van der Waals surface area contributed by atoms with Crippen LogP contribution in [0.15, 0.2) is 4.99 Å². The van der Waals surface area contributed by atoms with Crippen molar-refractivity contribution in [2.75, 3.05) is 6.61 Å². The van der Waals surface area contributed by atoms with Crippen molar-refractivity contribution < 1.29 is 14.3 Å². The van der Waals surface area contributed by atoms with Gasteiger partial charge in [0.2, 0.25) is 5.91 Å². The number of hydrogen-bond acceptors (Lipinski definition) is 5. The Morgan fingerprint density at radius 2 is 2.35 bits per heavy atom. The lowest BCUT2D eigenvalue weighted by molar-refractivity contribution is -0.130. The summed E-state index contributed by atoms with van der Waals surface area (Å²) in [6.07, 6.45) is 5.64. The highest BCUT2D eigenvalue weighted by Crippen LogP contribution is 2.46. The summed E-state index contributed by atoms with van der Waals surface area (Å²) in [5.74, 6) is 1.54. The molecule has 1 saturated heterocycles. The van der Waals surface area contributed by atoms with E-state index in [0.29, 0.717) is 18.9 Å². The Balaban J connectivity index is 1.62. The molecular formula is C14H20N2O3S. The van der Waals surface area contributed by atoms with Crippen LogP contribution in [0.4, 0.5) is 0 Å². The molecule has 0 spiro atoms. The summed E-state index contributed by atoms with van der Waals surface area (Å²) in [4.78, 5) is 27.0. The molecule has 1 amide bonds. The van der Waals surface area contributed by atoms with E-state index in [0.717, 1.165) is 17.0 Å². The number of thioether (sulfide) groups is 1. The van der Waals surface area contributed by atoms with Crippen LogP contribution in [-0.2, 0) is 14.3 Å². The molecule has 1 heterocycles. The van der Waals surface area contributed by atoms with Gasteiger partial charge >= 0.3 is 0 Å². The summed E-state index contributed by atoms with van der Waals surface area (Å²) in [5, 5.41) is 3.64. The predicted molar refractivity (Wildman–Crippen MR) is 77.4 cm³/mol. The SMILES string of the molecule is CC1(CCOC=O)SC(=NC2CC3CCC2C3)NC1=O. The number of aliphatic imine (C=N–C) groups is 1. The minimum atomic E-state index is -0.570. The summed E-state index contributed by atoms with van der Waals surface area (Å²) in [7, 11) is 0. The zero-order chi connectivity index (χ0) is 14.2. The van der Waals surface area contributed by atoms with Gasteiger partial charge in [-0.05, 0) is 38.0 Å². The van der Waals surface area contributed by atoms with Gasteiger partial charge in [0.05, 0.1) is 12.6 Å². The van der Waals surface area contributed by atoms with Crippen molar-refractivity contribution in [2.45, 2.75) is 49.8 Å². The minimum absolute atomic E-state index is 0.0288. The van der Waals surface area contributed by atoms with E-state index >= 15 is 0 Å². The van der Waals surface area contributed by atoms with E-state index in [1.807, 2.05) is 6.92 Å². The zero-order valence-electron chi connectivity index (χ0n) is 11.6. The molecule has 20 heavy (non-hydrogen) atoms. The maximum Gasteiger partial charge on any atom is 0.293 e. The Bertz CT molecular complexity index is 454. The summed E-state index contributed by atoms with van der Waals surface area (Å²) in [5.41, 5.74) is 0. The van der Waals surface area contributed by atoms with Crippen molar-refractivity contribution in [3.63, 3.8) is 0 Å². The highest BCUT2D eigenvalue weighted by Gasteiger charge is 2.44. The van der Waals surface area contributed by atoms with Gasteiger partial charge in [-0.15, -0.1) is 0 Å². The van der Waals surface area contributed by atoms with Crippen LogP contribution in [0, 0.1) is 11.8 Å². The predicted octanol–water partition coefficient (Wildman–Crippen LogP) is 1.72. The van der Waals surface area contributed by atoms with Crippen molar-refractivity contribution >= 4 is 29.3 Å². The number of ether oxygens (including phenoxy) is 1. The molecule has 4 unspecified atom stereocenters. The third-order valence-corrected chi connectivity index (χ3v) is 6.01. The van der Waals surface area contributed by atoms with Crippen LogP contribution in [0.1, 0.15) is 39.0 Å². The Kier molecular flexibility index (Phi) is 3.75. The third-order valence-electron chi connectivity index (χ3n) is 4.77. The Labute approximate surface area is 122 Å². The molecule has 0 aromatic carbocycles. The van der Waals surface area contributed by atoms with Crippen molar-refractivity contribution in [3.8, 4) is 0 Å². The fourth-order valence-corrected chi connectivity index (χ4v) is 4.65. The largest absolute Gasteiger partial charge is 0.468 e.